The highest BCUT2D eigenvalue weighted by molar-refractivity contribution is 5.94. The molecule has 1 aromatic rings. The van der Waals surface area contributed by atoms with Crippen LogP contribution in [-0.4, -0.2) is 24.9 Å². The Balaban J connectivity index is 1.46. The summed E-state index contributed by atoms with van der Waals surface area (Å²) in [6.45, 7) is 6.31. The highest BCUT2D eigenvalue weighted by Crippen LogP contribution is 2.30. The lowest BCUT2D eigenvalue weighted by Crippen LogP contribution is -2.36. The number of nitrogens with one attached hydrogen (secondary N) is 3. The second-order valence-electron chi connectivity index (χ2n) is 7.96. The molecule has 3 rings (SSSR count). The number of hydrogen-bond donors (Lipinski definition) is 3. The number of hydrogen-bond acceptors (Lipinski definition) is 3. The Morgan fingerprint density at radius 2 is 1.88 bits per heavy atom. The molecule has 5 heteroatoms. The van der Waals surface area contributed by atoms with Crippen molar-refractivity contribution in [3.05, 3.63) is 29.8 Å². The molecule has 0 spiro atoms. The number of anilines is 1. The van der Waals surface area contributed by atoms with Crippen LogP contribution in [0.3, 0.4) is 0 Å². The minimum atomic E-state index is -0.0348. The molecule has 1 aliphatic heterocycles. The lowest BCUT2D eigenvalue weighted by molar-refractivity contribution is -0.123. The number of piperidine rings is 1. The molecule has 0 bridgehead atoms. The highest BCUT2D eigenvalue weighted by atomic mass is 16.2. The summed E-state index contributed by atoms with van der Waals surface area (Å²) in [7, 11) is 0. The Labute approximate surface area is 156 Å². The van der Waals surface area contributed by atoms with E-state index in [-0.39, 0.29) is 23.8 Å². The molecular weight excluding hydrogens is 326 g/mol. The zero-order chi connectivity index (χ0) is 18.5. The standard InChI is InChI=1S/C21H31N3O2/c1-14(18-4-3-11-22-13-18)12-20(25)23-15(2)16-7-9-19(10-8-16)24-21(26)17-5-6-17/h7-10,14-15,17-18,22H,3-6,11-13H2,1-2H3,(H,23,25)(H,24,26). The van der Waals surface area contributed by atoms with E-state index < -0.39 is 0 Å². The number of carbonyl (C=O) groups excluding carboxylic acids is 2. The molecule has 3 N–H and O–H groups in total. The van der Waals surface area contributed by atoms with Crippen molar-refractivity contribution in [1.82, 2.24) is 10.6 Å². The van der Waals surface area contributed by atoms with Gasteiger partial charge in [-0.2, -0.15) is 0 Å². The first-order valence-electron chi connectivity index (χ1n) is 9.94. The zero-order valence-electron chi connectivity index (χ0n) is 15.9. The third-order valence-corrected chi connectivity index (χ3v) is 5.65. The molecule has 3 unspecified atom stereocenters. The van der Waals surface area contributed by atoms with E-state index in [0.29, 0.717) is 18.3 Å². The first-order valence-corrected chi connectivity index (χ1v) is 9.94. The predicted molar refractivity (Wildman–Crippen MR) is 104 cm³/mol. The predicted octanol–water partition coefficient (Wildman–Crippen LogP) is 3.24. The molecular formula is C21H31N3O2. The molecule has 1 saturated carbocycles. The van der Waals surface area contributed by atoms with E-state index in [4.69, 9.17) is 0 Å². The van der Waals surface area contributed by atoms with Gasteiger partial charge in [0.1, 0.15) is 0 Å². The van der Waals surface area contributed by atoms with E-state index >= 15 is 0 Å². The summed E-state index contributed by atoms with van der Waals surface area (Å²) in [6, 6.07) is 7.74. The van der Waals surface area contributed by atoms with Crippen molar-refractivity contribution in [2.45, 2.75) is 52.0 Å². The molecule has 3 atom stereocenters. The van der Waals surface area contributed by atoms with Gasteiger partial charge in [0, 0.05) is 18.0 Å². The lowest BCUT2D eigenvalue weighted by Gasteiger charge is -2.28. The normalized spacial score (nSPS) is 22.3. The third kappa shape index (κ3) is 5.31. The van der Waals surface area contributed by atoms with Crippen molar-refractivity contribution >= 4 is 17.5 Å². The smallest absolute Gasteiger partial charge is 0.227 e. The first-order chi connectivity index (χ1) is 12.5. The van der Waals surface area contributed by atoms with Crippen LogP contribution in [0, 0.1) is 17.8 Å². The Bertz CT molecular complexity index is 619. The number of carbonyl (C=O) groups is 2. The molecule has 2 aliphatic rings. The van der Waals surface area contributed by atoms with Gasteiger partial charge < -0.3 is 16.0 Å². The van der Waals surface area contributed by atoms with Gasteiger partial charge in [-0.25, -0.2) is 0 Å². The molecule has 0 aromatic heterocycles. The second-order valence-corrected chi connectivity index (χ2v) is 7.96. The molecule has 2 fully saturated rings. The van der Waals surface area contributed by atoms with Crippen LogP contribution in [0.2, 0.25) is 0 Å². The van der Waals surface area contributed by atoms with Gasteiger partial charge in [0.15, 0.2) is 0 Å². The Kier molecular flexibility index (Phi) is 6.30. The fourth-order valence-corrected chi connectivity index (χ4v) is 3.65. The van der Waals surface area contributed by atoms with E-state index in [0.717, 1.165) is 37.2 Å². The van der Waals surface area contributed by atoms with Gasteiger partial charge in [-0.1, -0.05) is 19.1 Å². The minimum absolute atomic E-state index is 0.0348. The monoisotopic (exact) mass is 357 g/mol. The van der Waals surface area contributed by atoms with E-state index in [1.165, 1.54) is 12.8 Å². The van der Waals surface area contributed by atoms with Crippen LogP contribution in [-0.2, 0) is 9.59 Å². The van der Waals surface area contributed by atoms with Crippen LogP contribution in [0.1, 0.15) is 57.6 Å². The maximum absolute atomic E-state index is 12.4. The Morgan fingerprint density at radius 3 is 2.50 bits per heavy atom. The van der Waals surface area contributed by atoms with Crippen LogP contribution >= 0.6 is 0 Å². The molecule has 5 nitrogen and oxygen atoms in total. The van der Waals surface area contributed by atoms with Crippen LogP contribution in [0.4, 0.5) is 5.69 Å². The largest absolute Gasteiger partial charge is 0.350 e. The van der Waals surface area contributed by atoms with Gasteiger partial charge >= 0.3 is 0 Å². The summed E-state index contributed by atoms with van der Waals surface area (Å²) < 4.78 is 0. The summed E-state index contributed by atoms with van der Waals surface area (Å²) in [6.07, 6.45) is 5.00. The summed E-state index contributed by atoms with van der Waals surface area (Å²) in [4.78, 5) is 24.2. The van der Waals surface area contributed by atoms with Gasteiger partial charge in [-0.3, -0.25) is 9.59 Å². The topological polar surface area (TPSA) is 70.2 Å². The van der Waals surface area contributed by atoms with E-state index in [1.54, 1.807) is 0 Å². The maximum atomic E-state index is 12.4. The molecule has 142 valence electrons. The average Bonchev–Trinajstić information content (AvgIpc) is 3.48. The quantitative estimate of drug-likeness (QED) is 0.702. The van der Waals surface area contributed by atoms with Gasteiger partial charge in [0.2, 0.25) is 11.8 Å². The van der Waals surface area contributed by atoms with Gasteiger partial charge in [0.25, 0.3) is 0 Å². The molecule has 1 saturated heterocycles. The summed E-state index contributed by atoms with van der Waals surface area (Å²) in [5.74, 6) is 1.43. The fourth-order valence-electron chi connectivity index (χ4n) is 3.65. The SMILES string of the molecule is CC(NC(=O)CC(C)C1CCCNC1)c1ccc(NC(=O)C2CC2)cc1. The van der Waals surface area contributed by atoms with Crippen LogP contribution < -0.4 is 16.0 Å². The molecule has 1 heterocycles. The Morgan fingerprint density at radius 1 is 1.15 bits per heavy atom. The fraction of sp³-hybridized carbons (Fsp3) is 0.619. The van der Waals surface area contributed by atoms with Crippen molar-refractivity contribution in [2.24, 2.45) is 17.8 Å². The van der Waals surface area contributed by atoms with Crippen molar-refractivity contribution in [2.75, 3.05) is 18.4 Å². The molecule has 26 heavy (non-hydrogen) atoms. The van der Waals surface area contributed by atoms with Gasteiger partial charge in [0.05, 0.1) is 6.04 Å². The number of rotatable bonds is 7. The van der Waals surface area contributed by atoms with E-state index in [2.05, 4.69) is 22.9 Å². The van der Waals surface area contributed by atoms with E-state index in [1.807, 2.05) is 31.2 Å². The van der Waals surface area contributed by atoms with Crippen LogP contribution in [0.15, 0.2) is 24.3 Å². The maximum Gasteiger partial charge on any atom is 0.227 e. The lowest BCUT2D eigenvalue weighted by atomic mass is 9.85. The van der Waals surface area contributed by atoms with Gasteiger partial charge in [-0.05, 0) is 75.2 Å². The second kappa shape index (κ2) is 8.67. The first kappa shape index (κ1) is 18.9. The summed E-state index contributed by atoms with van der Waals surface area (Å²) in [5.41, 5.74) is 1.87. The molecule has 0 radical (unpaired) electrons. The van der Waals surface area contributed by atoms with Crippen molar-refractivity contribution in [3.63, 3.8) is 0 Å². The Hall–Kier alpha value is -1.88. The van der Waals surface area contributed by atoms with Crippen molar-refractivity contribution < 1.29 is 9.59 Å². The molecule has 2 amide bonds. The average molecular weight is 357 g/mol. The number of benzene rings is 1. The minimum Gasteiger partial charge on any atom is -0.350 e. The van der Waals surface area contributed by atoms with Crippen molar-refractivity contribution in [1.29, 1.82) is 0 Å². The third-order valence-electron chi connectivity index (χ3n) is 5.65. The van der Waals surface area contributed by atoms with Gasteiger partial charge in [-0.15, -0.1) is 0 Å². The summed E-state index contributed by atoms with van der Waals surface area (Å²) in [5, 5.41) is 9.47. The van der Waals surface area contributed by atoms with Crippen LogP contribution in [0.25, 0.3) is 0 Å². The van der Waals surface area contributed by atoms with E-state index in [9.17, 15) is 9.59 Å². The molecule has 1 aliphatic carbocycles. The number of amides is 2. The summed E-state index contributed by atoms with van der Waals surface area (Å²) >= 11 is 0. The highest BCUT2D eigenvalue weighted by Gasteiger charge is 2.29. The van der Waals surface area contributed by atoms with Crippen LogP contribution in [0.5, 0.6) is 0 Å². The molecule has 1 aromatic carbocycles. The zero-order valence-corrected chi connectivity index (χ0v) is 15.9. The van der Waals surface area contributed by atoms with Crippen molar-refractivity contribution in [3.8, 4) is 0 Å².